The second-order valence-electron chi connectivity index (χ2n) is 4.85. The number of hydrogen-bond acceptors (Lipinski definition) is 7. The highest BCUT2D eigenvalue weighted by Gasteiger charge is 2.24. The second-order valence-corrected chi connectivity index (χ2v) is 5.24. The number of nitrogens with one attached hydrogen (secondary N) is 2. The van der Waals surface area contributed by atoms with E-state index in [-0.39, 0.29) is 34.1 Å². The van der Waals surface area contributed by atoms with E-state index in [2.05, 4.69) is 10.6 Å². The number of Topliss-reactive ketones (excluding diaryl/α,β-unsaturated/α-hetero) is 1. The first-order valence-electron chi connectivity index (χ1n) is 6.68. The Morgan fingerprint density at radius 2 is 2.04 bits per heavy atom. The van der Waals surface area contributed by atoms with Gasteiger partial charge in [0.2, 0.25) is 5.91 Å². The molecule has 24 heavy (non-hydrogen) atoms. The Bertz CT molecular complexity index is 729. The van der Waals surface area contributed by atoms with Gasteiger partial charge < -0.3 is 26.0 Å². The normalized spacial score (nSPS) is 14.5. The Labute approximate surface area is 142 Å². The highest BCUT2D eigenvalue weighted by molar-refractivity contribution is 7.80. The highest BCUT2D eigenvalue weighted by Crippen LogP contribution is 2.17. The summed E-state index contributed by atoms with van der Waals surface area (Å²) < 4.78 is 0. The van der Waals surface area contributed by atoms with Crippen molar-refractivity contribution in [1.29, 1.82) is 0 Å². The highest BCUT2D eigenvalue weighted by atomic mass is 32.1. The lowest BCUT2D eigenvalue weighted by atomic mass is 10.1. The number of ketones is 1. The second kappa shape index (κ2) is 7.17. The molecule has 1 fully saturated rings. The van der Waals surface area contributed by atoms with E-state index < -0.39 is 11.7 Å². The molecule has 0 aliphatic carbocycles. The summed E-state index contributed by atoms with van der Waals surface area (Å²) in [6.45, 7) is 1.14. The smallest absolute Gasteiger partial charge is 0.260 e. The Kier molecular flexibility index (Phi) is 5.24. The topological polar surface area (TPSA) is 125 Å². The average Bonchev–Trinajstić information content (AvgIpc) is 2.82. The minimum Gasteiger partial charge on any atom is -0.733 e. The lowest BCUT2D eigenvalue weighted by molar-refractivity contribution is -0.120. The molecule has 1 aromatic carbocycles. The SMILES string of the molecule is CC(=O)/C(=C\N1CC(=O)NC1=S)C(=O)Nc1ccc(N([O-])O)cc1. The van der Waals surface area contributed by atoms with Crippen molar-refractivity contribution in [3.05, 3.63) is 41.2 Å². The van der Waals surface area contributed by atoms with Crippen LogP contribution in [0.5, 0.6) is 0 Å². The third kappa shape index (κ3) is 4.13. The Morgan fingerprint density at radius 3 is 2.50 bits per heavy atom. The van der Waals surface area contributed by atoms with Gasteiger partial charge in [0.05, 0.1) is 11.3 Å². The third-order valence-corrected chi connectivity index (χ3v) is 3.41. The molecule has 0 unspecified atom stereocenters. The summed E-state index contributed by atoms with van der Waals surface area (Å²) >= 11 is 4.93. The number of amides is 2. The molecule has 1 heterocycles. The van der Waals surface area contributed by atoms with E-state index in [1.54, 1.807) is 0 Å². The first-order chi connectivity index (χ1) is 11.3. The Balaban J connectivity index is 2.16. The van der Waals surface area contributed by atoms with Crippen molar-refractivity contribution >= 4 is 46.3 Å². The summed E-state index contributed by atoms with van der Waals surface area (Å²) in [5.41, 5.74) is 0.115. The molecule has 10 heteroatoms. The first kappa shape index (κ1) is 17.5. The monoisotopic (exact) mass is 349 g/mol. The quantitative estimate of drug-likeness (QED) is 0.231. The van der Waals surface area contributed by atoms with Gasteiger partial charge in [-0.05, 0) is 43.4 Å². The largest absolute Gasteiger partial charge is 0.733 e. The van der Waals surface area contributed by atoms with Crippen molar-refractivity contribution in [2.45, 2.75) is 6.92 Å². The molecular formula is C14H13N4O5S-. The molecule has 9 nitrogen and oxygen atoms in total. The number of rotatable bonds is 5. The molecule has 2 rings (SSSR count). The number of nitrogens with zero attached hydrogens (tertiary/aromatic N) is 2. The van der Waals surface area contributed by atoms with Gasteiger partial charge >= 0.3 is 0 Å². The maximum atomic E-state index is 12.3. The molecule has 2 amide bonds. The summed E-state index contributed by atoms with van der Waals surface area (Å²) in [7, 11) is 0. The summed E-state index contributed by atoms with van der Waals surface area (Å²) in [4.78, 5) is 36.5. The van der Waals surface area contributed by atoms with Crippen molar-refractivity contribution < 1.29 is 19.6 Å². The van der Waals surface area contributed by atoms with Gasteiger partial charge in [-0.2, -0.15) is 0 Å². The molecule has 0 aromatic heterocycles. The van der Waals surface area contributed by atoms with Crippen molar-refractivity contribution in [1.82, 2.24) is 10.2 Å². The van der Waals surface area contributed by atoms with E-state index in [1.807, 2.05) is 0 Å². The van der Waals surface area contributed by atoms with Crippen LogP contribution in [0, 0.1) is 5.21 Å². The van der Waals surface area contributed by atoms with Crippen LogP contribution in [0.2, 0.25) is 0 Å². The van der Waals surface area contributed by atoms with Crippen molar-refractivity contribution in [3.63, 3.8) is 0 Å². The Hall–Kier alpha value is -2.82. The fourth-order valence-electron chi connectivity index (χ4n) is 1.90. The summed E-state index contributed by atoms with van der Waals surface area (Å²) in [6, 6.07) is 5.35. The van der Waals surface area contributed by atoms with Gasteiger partial charge in [-0.3, -0.25) is 19.6 Å². The number of hydrogen-bond donors (Lipinski definition) is 3. The molecular weight excluding hydrogens is 336 g/mol. The minimum atomic E-state index is -0.694. The molecule has 1 aromatic rings. The van der Waals surface area contributed by atoms with E-state index >= 15 is 0 Å². The van der Waals surface area contributed by atoms with Gasteiger partial charge in [0.1, 0.15) is 6.54 Å². The fourth-order valence-corrected chi connectivity index (χ4v) is 2.13. The van der Waals surface area contributed by atoms with Gasteiger partial charge in [-0.15, -0.1) is 0 Å². The van der Waals surface area contributed by atoms with Crippen LogP contribution in [0.15, 0.2) is 36.0 Å². The van der Waals surface area contributed by atoms with Crippen LogP contribution in [-0.4, -0.2) is 39.4 Å². The zero-order valence-electron chi connectivity index (χ0n) is 12.5. The zero-order chi connectivity index (χ0) is 17.9. The van der Waals surface area contributed by atoms with Gasteiger partial charge in [0.25, 0.3) is 5.91 Å². The van der Waals surface area contributed by atoms with E-state index in [4.69, 9.17) is 17.4 Å². The molecule has 0 spiro atoms. The Morgan fingerprint density at radius 1 is 1.42 bits per heavy atom. The molecule has 1 aliphatic rings. The standard InChI is InChI=1S/C14H13N4O5S/c1-8(19)11(6-17-7-12(20)16-14(17)24)13(21)15-9-2-4-10(5-3-9)18(22)23/h2-6,22H,7H2,1H3,(H,15,21)(H,16,20,24)/q-1/b11-6+. The average molecular weight is 349 g/mol. The first-order valence-corrected chi connectivity index (χ1v) is 7.09. The van der Waals surface area contributed by atoms with E-state index in [0.717, 1.165) is 0 Å². The van der Waals surface area contributed by atoms with Crippen molar-refractivity contribution in [3.8, 4) is 0 Å². The number of carbonyl (C=O) groups excluding carboxylic acids is 3. The number of benzene rings is 1. The van der Waals surface area contributed by atoms with Crippen molar-refractivity contribution in [2.75, 3.05) is 17.1 Å². The molecule has 0 saturated carbocycles. The van der Waals surface area contributed by atoms with Crippen molar-refractivity contribution in [2.24, 2.45) is 0 Å². The maximum Gasteiger partial charge on any atom is 0.260 e. The van der Waals surface area contributed by atoms with Crippen LogP contribution >= 0.6 is 12.2 Å². The van der Waals surface area contributed by atoms with E-state index in [9.17, 15) is 19.6 Å². The van der Waals surface area contributed by atoms with Crippen LogP contribution in [0.1, 0.15) is 6.92 Å². The van der Waals surface area contributed by atoms with E-state index in [0.29, 0.717) is 5.69 Å². The van der Waals surface area contributed by atoms with Crippen LogP contribution < -0.4 is 15.9 Å². The molecule has 1 saturated heterocycles. The molecule has 0 bridgehead atoms. The number of thiocarbonyl (C=S) groups is 1. The molecule has 3 N–H and O–H groups in total. The van der Waals surface area contributed by atoms with Crippen LogP contribution in [-0.2, 0) is 14.4 Å². The predicted octanol–water partition coefficient (Wildman–Crippen LogP) is 0.508. The summed E-state index contributed by atoms with van der Waals surface area (Å²) in [5, 5.41) is 24.1. The zero-order valence-corrected chi connectivity index (χ0v) is 13.3. The van der Waals surface area contributed by atoms with Crippen LogP contribution in [0.4, 0.5) is 11.4 Å². The molecule has 0 radical (unpaired) electrons. The summed E-state index contributed by atoms with van der Waals surface area (Å²) in [6.07, 6.45) is 1.21. The summed E-state index contributed by atoms with van der Waals surface area (Å²) in [5.74, 6) is -1.53. The van der Waals surface area contributed by atoms with Gasteiger partial charge in [0.15, 0.2) is 10.9 Å². The lowest BCUT2D eigenvalue weighted by Crippen LogP contribution is -2.27. The van der Waals surface area contributed by atoms with Crippen LogP contribution in [0.25, 0.3) is 0 Å². The third-order valence-electron chi connectivity index (χ3n) is 3.08. The minimum absolute atomic E-state index is 0.0117. The number of carbonyl (C=O) groups is 3. The molecule has 0 atom stereocenters. The van der Waals surface area contributed by atoms with Gasteiger partial charge in [-0.25, -0.2) is 0 Å². The lowest BCUT2D eigenvalue weighted by Gasteiger charge is -2.21. The molecule has 1 aliphatic heterocycles. The molecule has 126 valence electrons. The maximum absolute atomic E-state index is 12.3. The van der Waals surface area contributed by atoms with Gasteiger partial charge in [-0.1, -0.05) is 0 Å². The van der Waals surface area contributed by atoms with Crippen LogP contribution in [0.3, 0.4) is 0 Å². The predicted molar refractivity (Wildman–Crippen MR) is 88.9 cm³/mol. The van der Waals surface area contributed by atoms with Gasteiger partial charge in [0, 0.05) is 11.9 Å². The van der Waals surface area contributed by atoms with E-state index in [1.165, 1.54) is 42.3 Å². The fraction of sp³-hybridized carbons (Fsp3) is 0.143. The number of anilines is 2.